The minimum Gasteiger partial charge on any atom is -0.335 e. The van der Waals surface area contributed by atoms with Crippen LogP contribution in [0.5, 0.6) is 0 Å². The highest BCUT2D eigenvalue weighted by molar-refractivity contribution is 7.99. The second-order valence-corrected chi connectivity index (χ2v) is 8.98. The summed E-state index contributed by atoms with van der Waals surface area (Å²) < 4.78 is 1.72. The monoisotopic (exact) mass is 421 g/mol. The third-order valence-corrected chi connectivity index (χ3v) is 6.56. The van der Waals surface area contributed by atoms with E-state index in [0.717, 1.165) is 16.8 Å². The zero-order chi connectivity index (χ0) is 21.1. The number of aromatic nitrogens is 4. The molecule has 0 aliphatic heterocycles. The van der Waals surface area contributed by atoms with E-state index in [2.05, 4.69) is 47.6 Å². The minimum absolute atomic E-state index is 0.124. The molecule has 6 nitrogen and oxygen atoms in total. The smallest absolute Gasteiger partial charge is 0.233 e. The van der Waals surface area contributed by atoms with Crippen LogP contribution in [0.3, 0.4) is 0 Å². The Bertz CT molecular complexity index is 1020. The molecule has 4 rings (SSSR count). The van der Waals surface area contributed by atoms with Gasteiger partial charge in [-0.3, -0.25) is 4.79 Å². The van der Waals surface area contributed by atoms with Crippen molar-refractivity contribution < 1.29 is 4.79 Å². The Hall–Kier alpha value is -2.67. The van der Waals surface area contributed by atoms with Crippen molar-refractivity contribution in [1.29, 1.82) is 0 Å². The highest BCUT2D eigenvalue weighted by Crippen LogP contribution is 2.36. The molecule has 30 heavy (non-hydrogen) atoms. The van der Waals surface area contributed by atoms with Crippen LogP contribution < -0.4 is 0 Å². The summed E-state index contributed by atoms with van der Waals surface area (Å²) in [6.07, 6.45) is 2.41. The van der Waals surface area contributed by atoms with Gasteiger partial charge < -0.3 is 4.90 Å². The molecule has 2 aromatic carbocycles. The van der Waals surface area contributed by atoms with Gasteiger partial charge in [0, 0.05) is 12.6 Å². The van der Waals surface area contributed by atoms with Crippen LogP contribution in [0, 0.1) is 19.8 Å². The topological polar surface area (TPSA) is 63.9 Å². The molecule has 0 bridgehead atoms. The quantitative estimate of drug-likeness (QED) is 0.510. The van der Waals surface area contributed by atoms with Gasteiger partial charge in [0.1, 0.15) is 0 Å². The molecule has 1 aliphatic rings. The van der Waals surface area contributed by atoms with E-state index in [4.69, 9.17) is 0 Å². The Morgan fingerprint density at radius 3 is 2.67 bits per heavy atom. The Morgan fingerprint density at radius 1 is 1.20 bits per heavy atom. The van der Waals surface area contributed by atoms with Crippen molar-refractivity contribution in [1.82, 2.24) is 25.1 Å². The molecule has 1 unspecified atom stereocenters. The van der Waals surface area contributed by atoms with Crippen LogP contribution in [0.1, 0.15) is 36.5 Å². The van der Waals surface area contributed by atoms with Gasteiger partial charge >= 0.3 is 0 Å². The SMILES string of the molecule is Cc1ccc(-n2nnnc2SCC(=O)N(Cc2ccccc2)C(C)C2CC2)c(C)c1. The summed E-state index contributed by atoms with van der Waals surface area (Å²) in [6, 6.07) is 16.6. The van der Waals surface area contributed by atoms with E-state index in [-0.39, 0.29) is 11.9 Å². The van der Waals surface area contributed by atoms with Crippen LogP contribution in [0.4, 0.5) is 0 Å². The van der Waals surface area contributed by atoms with Gasteiger partial charge in [-0.1, -0.05) is 59.8 Å². The van der Waals surface area contributed by atoms with Gasteiger partial charge in [-0.15, -0.1) is 5.10 Å². The van der Waals surface area contributed by atoms with Crippen molar-refractivity contribution >= 4 is 17.7 Å². The summed E-state index contributed by atoms with van der Waals surface area (Å²) >= 11 is 1.39. The van der Waals surface area contributed by atoms with E-state index >= 15 is 0 Å². The number of benzene rings is 2. The molecule has 1 saturated carbocycles. The predicted octanol–water partition coefficient (Wildman–Crippen LogP) is 4.20. The molecule has 0 saturated heterocycles. The van der Waals surface area contributed by atoms with Crippen molar-refractivity contribution in [3.05, 3.63) is 65.2 Å². The Kier molecular flexibility index (Phi) is 6.18. The molecule has 0 spiro atoms. The van der Waals surface area contributed by atoms with Crippen molar-refractivity contribution in [3.8, 4) is 5.69 Å². The van der Waals surface area contributed by atoms with Crippen LogP contribution in [0.2, 0.25) is 0 Å². The summed E-state index contributed by atoms with van der Waals surface area (Å²) in [4.78, 5) is 15.2. The van der Waals surface area contributed by atoms with Crippen LogP contribution in [0.15, 0.2) is 53.7 Å². The van der Waals surface area contributed by atoms with Gasteiger partial charge in [0.2, 0.25) is 11.1 Å². The average molecular weight is 422 g/mol. The normalized spacial score (nSPS) is 14.5. The fourth-order valence-corrected chi connectivity index (χ4v) is 4.51. The summed E-state index contributed by atoms with van der Waals surface area (Å²) in [5, 5.41) is 12.8. The lowest BCUT2D eigenvalue weighted by Crippen LogP contribution is -2.40. The molecule has 0 radical (unpaired) electrons. The first kappa shape index (κ1) is 20.6. The number of hydrogen-bond donors (Lipinski definition) is 0. The summed E-state index contributed by atoms with van der Waals surface area (Å²) in [5.41, 5.74) is 4.39. The van der Waals surface area contributed by atoms with Crippen molar-refractivity contribution in [2.45, 2.75) is 51.4 Å². The van der Waals surface area contributed by atoms with Gasteiger partial charge in [-0.2, -0.15) is 4.68 Å². The van der Waals surface area contributed by atoms with Gasteiger partial charge in [-0.25, -0.2) is 0 Å². The van der Waals surface area contributed by atoms with E-state index in [0.29, 0.717) is 23.4 Å². The molecular weight excluding hydrogens is 394 g/mol. The molecule has 1 aliphatic carbocycles. The Balaban J connectivity index is 1.48. The molecule has 1 atom stereocenters. The van der Waals surface area contributed by atoms with Crippen LogP contribution in [-0.2, 0) is 11.3 Å². The maximum Gasteiger partial charge on any atom is 0.233 e. The molecule has 156 valence electrons. The van der Waals surface area contributed by atoms with Crippen molar-refractivity contribution in [3.63, 3.8) is 0 Å². The van der Waals surface area contributed by atoms with E-state index in [1.165, 1.54) is 30.2 Å². The summed E-state index contributed by atoms with van der Waals surface area (Å²) in [7, 11) is 0. The molecule has 1 aromatic heterocycles. The zero-order valence-electron chi connectivity index (χ0n) is 17.7. The second kappa shape index (κ2) is 9.00. The summed E-state index contributed by atoms with van der Waals surface area (Å²) in [6.45, 7) is 6.92. The van der Waals surface area contributed by atoms with Gasteiger partial charge in [0.25, 0.3) is 0 Å². The van der Waals surface area contributed by atoms with Crippen molar-refractivity contribution in [2.24, 2.45) is 5.92 Å². The van der Waals surface area contributed by atoms with E-state index in [1.807, 2.05) is 42.2 Å². The Labute approximate surface area is 181 Å². The average Bonchev–Trinajstić information content (AvgIpc) is 3.49. The molecule has 7 heteroatoms. The third-order valence-electron chi connectivity index (χ3n) is 5.66. The van der Waals surface area contributed by atoms with Crippen LogP contribution in [-0.4, -0.2) is 42.8 Å². The maximum atomic E-state index is 13.2. The fraction of sp³-hybridized carbons (Fsp3) is 0.391. The first-order chi connectivity index (χ1) is 14.5. The van der Waals surface area contributed by atoms with Crippen LogP contribution >= 0.6 is 11.8 Å². The van der Waals surface area contributed by atoms with Gasteiger partial charge in [0.15, 0.2) is 0 Å². The lowest BCUT2D eigenvalue weighted by atomic mass is 10.1. The third kappa shape index (κ3) is 4.73. The highest BCUT2D eigenvalue weighted by Gasteiger charge is 2.34. The van der Waals surface area contributed by atoms with Gasteiger partial charge in [0.05, 0.1) is 11.4 Å². The fourth-order valence-electron chi connectivity index (χ4n) is 3.74. The van der Waals surface area contributed by atoms with E-state index < -0.39 is 0 Å². The molecule has 0 N–H and O–H groups in total. The largest absolute Gasteiger partial charge is 0.335 e. The van der Waals surface area contributed by atoms with Crippen molar-refractivity contribution in [2.75, 3.05) is 5.75 Å². The lowest BCUT2D eigenvalue weighted by Gasteiger charge is -2.29. The number of aryl methyl sites for hydroxylation is 2. The number of carbonyl (C=O) groups is 1. The standard InChI is InChI=1S/C23H27N5OS/c1-16-9-12-21(17(2)13-16)28-23(24-25-26-28)30-15-22(29)27(18(3)20-10-11-20)14-19-7-5-4-6-8-19/h4-9,12-13,18,20H,10-11,14-15H2,1-3H3. The van der Waals surface area contributed by atoms with Gasteiger partial charge in [-0.05, 0) is 67.2 Å². The molecule has 1 fully saturated rings. The predicted molar refractivity (Wildman–Crippen MR) is 119 cm³/mol. The summed E-state index contributed by atoms with van der Waals surface area (Å²) in [5.74, 6) is 1.05. The zero-order valence-corrected chi connectivity index (χ0v) is 18.5. The Morgan fingerprint density at radius 2 is 1.97 bits per heavy atom. The molecule has 3 aromatic rings. The van der Waals surface area contributed by atoms with E-state index in [9.17, 15) is 4.79 Å². The number of carbonyl (C=O) groups excluding carboxylic acids is 1. The molecule has 1 heterocycles. The first-order valence-corrected chi connectivity index (χ1v) is 11.3. The second-order valence-electron chi connectivity index (χ2n) is 8.04. The number of tetrazole rings is 1. The lowest BCUT2D eigenvalue weighted by molar-refractivity contribution is -0.131. The highest BCUT2D eigenvalue weighted by atomic mass is 32.2. The number of rotatable bonds is 8. The number of nitrogens with zero attached hydrogens (tertiary/aromatic N) is 5. The molecular formula is C23H27N5OS. The molecule has 1 amide bonds. The number of thioether (sulfide) groups is 1. The minimum atomic E-state index is 0.124. The first-order valence-electron chi connectivity index (χ1n) is 10.3. The maximum absolute atomic E-state index is 13.2. The van der Waals surface area contributed by atoms with E-state index in [1.54, 1.807) is 4.68 Å². The van der Waals surface area contributed by atoms with Crippen LogP contribution in [0.25, 0.3) is 5.69 Å². The number of hydrogen-bond acceptors (Lipinski definition) is 5. The number of amides is 1.